The molecule has 0 atom stereocenters. The van der Waals surface area contributed by atoms with E-state index in [2.05, 4.69) is 14.4 Å². The Morgan fingerprint density at radius 3 is 2.79 bits per heavy atom. The summed E-state index contributed by atoms with van der Waals surface area (Å²) in [7, 11) is -0.862. The highest BCUT2D eigenvalue weighted by Gasteiger charge is 2.17. The molecule has 0 aliphatic rings. The van der Waals surface area contributed by atoms with E-state index in [-0.39, 0.29) is 17.3 Å². The number of H-pyrrole nitrogens is 1. The molecule has 1 aromatic carbocycles. The average molecular weight is 282 g/mol. The van der Waals surface area contributed by atoms with Gasteiger partial charge in [0.25, 0.3) is 0 Å². The van der Waals surface area contributed by atoms with Gasteiger partial charge in [-0.3, -0.25) is 4.79 Å². The molecule has 0 aliphatic heterocycles. The number of aromatic amines is 1. The number of hydrogen-bond donors (Lipinski definition) is 2. The highest BCUT2D eigenvalue weighted by molar-refractivity contribution is 7.89. The SMILES string of the molecule is CNS(=O)(=O)c1c[nH]c2ccc(CC(=O)OC)cc12. The van der Waals surface area contributed by atoms with Crippen molar-refractivity contribution in [2.45, 2.75) is 11.3 Å². The van der Waals surface area contributed by atoms with E-state index in [0.717, 1.165) is 0 Å². The van der Waals surface area contributed by atoms with Crippen molar-refractivity contribution < 1.29 is 17.9 Å². The molecule has 0 radical (unpaired) electrons. The van der Waals surface area contributed by atoms with Crippen molar-refractivity contribution in [1.29, 1.82) is 0 Å². The van der Waals surface area contributed by atoms with E-state index in [1.165, 1.54) is 20.4 Å². The van der Waals surface area contributed by atoms with Crippen LogP contribution in [0.5, 0.6) is 0 Å². The number of methoxy groups -OCH3 is 1. The zero-order chi connectivity index (χ0) is 14.0. The molecule has 102 valence electrons. The molecule has 2 N–H and O–H groups in total. The zero-order valence-corrected chi connectivity index (χ0v) is 11.4. The quantitative estimate of drug-likeness (QED) is 0.812. The lowest BCUT2D eigenvalue weighted by Gasteiger charge is -2.03. The number of fused-ring (bicyclic) bond motifs is 1. The van der Waals surface area contributed by atoms with Crippen LogP contribution in [0.4, 0.5) is 0 Å². The Kier molecular flexibility index (Phi) is 3.59. The number of nitrogens with one attached hydrogen (secondary N) is 2. The molecule has 2 rings (SSSR count). The lowest BCUT2D eigenvalue weighted by molar-refractivity contribution is -0.139. The fourth-order valence-corrected chi connectivity index (χ4v) is 2.72. The number of ether oxygens (including phenoxy) is 1. The van der Waals surface area contributed by atoms with E-state index >= 15 is 0 Å². The van der Waals surface area contributed by atoms with Crippen LogP contribution in [0.25, 0.3) is 10.9 Å². The van der Waals surface area contributed by atoms with Crippen LogP contribution in [0.15, 0.2) is 29.3 Å². The monoisotopic (exact) mass is 282 g/mol. The van der Waals surface area contributed by atoms with Crippen LogP contribution in [0.1, 0.15) is 5.56 Å². The number of aromatic nitrogens is 1. The predicted octanol–water partition coefficient (Wildman–Crippen LogP) is 0.791. The van der Waals surface area contributed by atoms with Gasteiger partial charge in [-0.25, -0.2) is 13.1 Å². The standard InChI is InChI=1S/C12H14N2O4S/c1-13-19(16,17)11-7-14-10-4-3-8(5-9(10)11)6-12(15)18-2/h3-5,7,13-14H,6H2,1-2H3. The first-order valence-electron chi connectivity index (χ1n) is 5.58. The van der Waals surface area contributed by atoms with Gasteiger partial charge in [0.15, 0.2) is 0 Å². The number of benzene rings is 1. The molecule has 0 bridgehead atoms. The summed E-state index contributed by atoms with van der Waals surface area (Å²) in [6.07, 6.45) is 1.54. The van der Waals surface area contributed by atoms with Crippen molar-refractivity contribution in [3.63, 3.8) is 0 Å². The van der Waals surface area contributed by atoms with Crippen LogP contribution in [0.3, 0.4) is 0 Å². The molecule has 7 heteroatoms. The molecule has 0 saturated carbocycles. The number of carbonyl (C=O) groups is 1. The van der Waals surface area contributed by atoms with E-state index in [9.17, 15) is 13.2 Å². The minimum atomic E-state index is -3.53. The summed E-state index contributed by atoms with van der Waals surface area (Å²) in [5.74, 6) is -0.368. The van der Waals surface area contributed by atoms with Gasteiger partial charge in [-0.1, -0.05) is 6.07 Å². The number of carbonyl (C=O) groups excluding carboxylic acids is 1. The molecule has 0 aliphatic carbocycles. The summed E-state index contributed by atoms with van der Waals surface area (Å²) in [5.41, 5.74) is 1.40. The van der Waals surface area contributed by atoms with E-state index < -0.39 is 10.0 Å². The van der Waals surface area contributed by atoms with Crippen molar-refractivity contribution in [3.8, 4) is 0 Å². The molecule has 0 fully saturated rings. The third-order valence-electron chi connectivity index (χ3n) is 2.84. The number of hydrogen-bond acceptors (Lipinski definition) is 4. The molecule has 19 heavy (non-hydrogen) atoms. The summed E-state index contributed by atoms with van der Waals surface area (Å²) < 4.78 is 30.5. The Bertz CT molecular complexity index is 718. The van der Waals surface area contributed by atoms with Crippen molar-refractivity contribution in [1.82, 2.24) is 9.71 Å². The lowest BCUT2D eigenvalue weighted by atomic mass is 10.1. The Balaban J connectivity index is 2.52. The Labute approximate surface area is 110 Å². The second kappa shape index (κ2) is 5.02. The van der Waals surface area contributed by atoms with E-state index in [1.54, 1.807) is 18.2 Å². The number of rotatable bonds is 4. The first-order chi connectivity index (χ1) is 8.97. The minimum Gasteiger partial charge on any atom is -0.469 e. The average Bonchev–Trinajstić information content (AvgIpc) is 2.82. The van der Waals surface area contributed by atoms with Crippen LogP contribution in [-0.2, 0) is 26.0 Å². The molecule has 2 aromatic rings. The van der Waals surface area contributed by atoms with Gasteiger partial charge in [-0.15, -0.1) is 0 Å². The fourth-order valence-electron chi connectivity index (χ4n) is 1.82. The smallest absolute Gasteiger partial charge is 0.309 e. The van der Waals surface area contributed by atoms with Gasteiger partial charge in [0.2, 0.25) is 10.0 Å². The van der Waals surface area contributed by atoms with Gasteiger partial charge in [0.1, 0.15) is 4.90 Å². The number of esters is 1. The highest BCUT2D eigenvalue weighted by atomic mass is 32.2. The Morgan fingerprint density at radius 2 is 2.16 bits per heavy atom. The Morgan fingerprint density at radius 1 is 1.42 bits per heavy atom. The molecular weight excluding hydrogens is 268 g/mol. The van der Waals surface area contributed by atoms with Crippen LogP contribution in [0, 0.1) is 0 Å². The molecule has 6 nitrogen and oxygen atoms in total. The second-order valence-electron chi connectivity index (χ2n) is 3.99. The molecule has 0 spiro atoms. The lowest BCUT2D eigenvalue weighted by Crippen LogP contribution is -2.18. The summed E-state index contributed by atoms with van der Waals surface area (Å²) in [6, 6.07) is 5.17. The summed E-state index contributed by atoms with van der Waals surface area (Å²) in [4.78, 5) is 14.3. The maximum Gasteiger partial charge on any atom is 0.309 e. The molecule has 1 aromatic heterocycles. The van der Waals surface area contributed by atoms with Gasteiger partial charge in [0, 0.05) is 17.1 Å². The van der Waals surface area contributed by atoms with Crippen LogP contribution in [-0.4, -0.2) is 33.5 Å². The molecule has 0 unspecified atom stereocenters. The molecule has 0 saturated heterocycles. The largest absolute Gasteiger partial charge is 0.469 e. The molecule has 1 heterocycles. The van der Waals surface area contributed by atoms with Crippen molar-refractivity contribution in [2.24, 2.45) is 0 Å². The summed E-state index contributed by atoms with van der Waals surface area (Å²) in [5, 5.41) is 0.552. The van der Waals surface area contributed by atoms with E-state index in [1.807, 2.05) is 0 Å². The predicted molar refractivity (Wildman–Crippen MR) is 70.3 cm³/mol. The van der Waals surface area contributed by atoms with E-state index in [4.69, 9.17) is 0 Å². The molecule has 0 amide bonds. The van der Waals surface area contributed by atoms with Crippen molar-refractivity contribution in [3.05, 3.63) is 30.0 Å². The first-order valence-corrected chi connectivity index (χ1v) is 7.06. The zero-order valence-electron chi connectivity index (χ0n) is 10.6. The van der Waals surface area contributed by atoms with Gasteiger partial charge < -0.3 is 9.72 Å². The van der Waals surface area contributed by atoms with Gasteiger partial charge in [-0.2, -0.15) is 0 Å². The third kappa shape index (κ3) is 2.61. The number of sulfonamides is 1. The van der Waals surface area contributed by atoms with E-state index in [0.29, 0.717) is 16.5 Å². The first kappa shape index (κ1) is 13.6. The normalized spacial score (nSPS) is 11.7. The maximum absolute atomic E-state index is 11.8. The van der Waals surface area contributed by atoms with Crippen molar-refractivity contribution in [2.75, 3.05) is 14.2 Å². The second-order valence-corrected chi connectivity index (χ2v) is 5.85. The van der Waals surface area contributed by atoms with Gasteiger partial charge >= 0.3 is 5.97 Å². The molecular formula is C12H14N2O4S. The Hall–Kier alpha value is -1.86. The fraction of sp³-hybridized carbons (Fsp3) is 0.250. The summed E-state index contributed by atoms with van der Waals surface area (Å²) in [6.45, 7) is 0. The highest BCUT2D eigenvalue weighted by Crippen LogP contribution is 2.23. The third-order valence-corrected chi connectivity index (χ3v) is 4.30. The van der Waals surface area contributed by atoms with Crippen molar-refractivity contribution >= 4 is 26.9 Å². The maximum atomic E-state index is 11.8. The van der Waals surface area contributed by atoms with Gasteiger partial charge in [0.05, 0.1) is 13.5 Å². The summed E-state index contributed by atoms with van der Waals surface area (Å²) >= 11 is 0. The minimum absolute atomic E-state index is 0.108. The van der Waals surface area contributed by atoms with Crippen LogP contribution >= 0.6 is 0 Å². The van der Waals surface area contributed by atoms with Crippen LogP contribution in [0.2, 0.25) is 0 Å². The van der Waals surface area contributed by atoms with Crippen LogP contribution < -0.4 is 4.72 Å². The van der Waals surface area contributed by atoms with Gasteiger partial charge in [-0.05, 0) is 24.7 Å². The topological polar surface area (TPSA) is 88.3 Å².